The van der Waals surface area contributed by atoms with Crippen LogP contribution in [0.15, 0.2) is 0 Å². The zero-order valence-corrected chi connectivity index (χ0v) is 12.4. The molecule has 1 atom stereocenters. The minimum absolute atomic E-state index is 0.170. The second-order valence-electron chi connectivity index (χ2n) is 4.87. The van der Waals surface area contributed by atoms with Crippen LogP contribution in [0.25, 0.3) is 0 Å². The molecule has 1 saturated heterocycles. The van der Waals surface area contributed by atoms with Crippen LogP contribution >= 0.6 is 0 Å². The summed E-state index contributed by atoms with van der Waals surface area (Å²) in [6.07, 6.45) is 2.45. The highest BCUT2D eigenvalue weighted by atomic mass is 32.2. The van der Waals surface area contributed by atoms with Gasteiger partial charge in [-0.2, -0.15) is 4.31 Å². The van der Waals surface area contributed by atoms with Crippen molar-refractivity contribution in [2.75, 3.05) is 25.9 Å². The van der Waals surface area contributed by atoms with E-state index in [-0.39, 0.29) is 13.0 Å². The number of amides is 1. The average molecular weight is 322 g/mol. The van der Waals surface area contributed by atoms with Crippen molar-refractivity contribution in [1.29, 1.82) is 0 Å². The van der Waals surface area contributed by atoms with Gasteiger partial charge >= 0.3 is 11.9 Å². The summed E-state index contributed by atoms with van der Waals surface area (Å²) >= 11 is 0. The minimum Gasteiger partial charge on any atom is -0.480 e. The molecular weight excluding hydrogens is 304 g/mol. The van der Waals surface area contributed by atoms with E-state index in [0.29, 0.717) is 17.7 Å². The first kappa shape index (κ1) is 17.4. The molecule has 1 unspecified atom stereocenters. The first-order valence-corrected chi connectivity index (χ1v) is 8.17. The lowest BCUT2D eigenvalue weighted by molar-refractivity contribution is -0.151. The number of hydrogen-bond donors (Lipinski definition) is 2. The zero-order valence-electron chi connectivity index (χ0n) is 11.6. The van der Waals surface area contributed by atoms with E-state index in [1.54, 1.807) is 0 Å². The van der Waals surface area contributed by atoms with Crippen LogP contribution in [0.1, 0.15) is 19.3 Å². The smallest absolute Gasteiger partial charge is 0.323 e. The highest BCUT2D eigenvalue weighted by Crippen LogP contribution is 2.21. The maximum Gasteiger partial charge on any atom is 0.323 e. The Morgan fingerprint density at radius 2 is 1.67 bits per heavy atom. The van der Waals surface area contributed by atoms with E-state index in [4.69, 9.17) is 10.2 Å². The van der Waals surface area contributed by atoms with Gasteiger partial charge < -0.3 is 15.1 Å². The number of carboxylic acids is 2. The standard InChI is InChI=1S/C11H18N2O7S/c1-21(19,20)13-5-3-2-4-8(13)11(18)12(6-9(14)15)7-10(16)17/h8H,2-7H2,1H3,(H,14,15)(H,16,17). The van der Waals surface area contributed by atoms with Crippen LogP contribution in [-0.2, 0) is 24.4 Å². The van der Waals surface area contributed by atoms with Crippen LogP contribution in [0.2, 0.25) is 0 Å². The van der Waals surface area contributed by atoms with Gasteiger partial charge in [-0.05, 0) is 12.8 Å². The van der Waals surface area contributed by atoms with Gasteiger partial charge in [0.2, 0.25) is 15.9 Å². The summed E-state index contributed by atoms with van der Waals surface area (Å²) in [7, 11) is -3.62. The molecule has 0 aromatic carbocycles. The molecule has 1 heterocycles. The fourth-order valence-electron chi connectivity index (χ4n) is 2.30. The normalized spacial score (nSPS) is 20.0. The molecule has 0 saturated carbocycles. The van der Waals surface area contributed by atoms with Gasteiger partial charge in [-0.1, -0.05) is 6.42 Å². The van der Waals surface area contributed by atoms with E-state index < -0.39 is 47.0 Å². The summed E-state index contributed by atoms with van der Waals surface area (Å²) in [4.78, 5) is 34.4. The topological polar surface area (TPSA) is 132 Å². The van der Waals surface area contributed by atoms with Crippen LogP contribution in [-0.4, -0.2) is 77.6 Å². The highest BCUT2D eigenvalue weighted by Gasteiger charge is 2.37. The zero-order chi connectivity index (χ0) is 16.2. The van der Waals surface area contributed by atoms with Gasteiger partial charge in [0.15, 0.2) is 0 Å². The Balaban J connectivity index is 2.98. The number of carbonyl (C=O) groups excluding carboxylic acids is 1. The van der Waals surface area contributed by atoms with Gasteiger partial charge in [0.05, 0.1) is 6.26 Å². The molecule has 1 fully saturated rings. The van der Waals surface area contributed by atoms with Gasteiger partial charge in [-0.3, -0.25) is 14.4 Å². The summed E-state index contributed by atoms with van der Waals surface area (Å²) in [6.45, 7) is -1.39. The summed E-state index contributed by atoms with van der Waals surface area (Å²) < 4.78 is 24.4. The lowest BCUT2D eigenvalue weighted by atomic mass is 10.0. The largest absolute Gasteiger partial charge is 0.480 e. The molecule has 0 aliphatic carbocycles. The number of nitrogens with zero attached hydrogens (tertiary/aromatic N) is 2. The van der Waals surface area contributed by atoms with Crippen molar-refractivity contribution in [3.05, 3.63) is 0 Å². The molecule has 120 valence electrons. The molecule has 0 aromatic heterocycles. The Labute approximate surface area is 122 Å². The molecule has 1 aliphatic heterocycles. The Morgan fingerprint density at radius 3 is 2.10 bits per heavy atom. The van der Waals surface area contributed by atoms with Gasteiger partial charge in [-0.15, -0.1) is 0 Å². The lowest BCUT2D eigenvalue weighted by Crippen LogP contribution is -2.54. The fraction of sp³-hybridized carbons (Fsp3) is 0.727. The van der Waals surface area contributed by atoms with E-state index in [1.807, 2.05) is 0 Å². The van der Waals surface area contributed by atoms with Gasteiger partial charge in [0.1, 0.15) is 19.1 Å². The van der Waals surface area contributed by atoms with Crippen LogP contribution < -0.4 is 0 Å². The number of rotatable bonds is 6. The number of piperidine rings is 1. The van der Waals surface area contributed by atoms with Crippen LogP contribution in [0.4, 0.5) is 0 Å². The number of carboxylic acid groups (broad SMARTS) is 2. The molecule has 9 nitrogen and oxygen atoms in total. The molecule has 0 spiro atoms. The molecule has 0 bridgehead atoms. The fourth-order valence-corrected chi connectivity index (χ4v) is 3.42. The minimum atomic E-state index is -3.62. The molecule has 2 N–H and O–H groups in total. The van der Waals surface area contributed by atoms with Crippen molar-refractivity contribution >= 4 is 27.9 Å². The number of sulfonamides is 1. The Kier molecular flexibility index (Phi) is 5.67. The van der Waals surface area contributed by atoms with E-state index in [1.165, 1.54) is 0 Å². The predicted octanol–water partition coefficient (Wildman–Crippen LogP) is -1.20. The molecule has 1 aliphatic rings. The van der Waals surface area contributed by atoms with Crippen LogP contribution in [0.5, 0.6) is 0 Å². The first-order chi connectivity index (χ1) is 9.62. The molecule has 1 rings (SSSR count). The Bertz CT molecular complexity index is 515. The van der Waals surface area contributed by atoms with Crippen molar-refractivity contribution in [3.8, 4) is 0 Å². The summed E-state index contributed by atoms with van der Waals surface area (Å²) in [5.41, 5.74) is 0. The molecule has 0 aromatic rings. The van der Waals surface area contributed by atoms with Crippen molar-refractivity contribution in [2.45, 2.75) is 25.3 Å². The molecule has 0 radical (unpaired) electrons. The maximum atomic E-state index is 12.3. The lowest BCUT2D eigenvalue weighted by Gasteiger charge is -2.35. The van der Waals surface area contributed by atoms with Crippen molar-refractivity contribution in [3.63, 3.8) is 0 Å². The summed E-state index contributed by atoms with van der Waals surface area (Å²) in [6, 6.07) is -1.03. The summed E-state index contributed by atoms with van der Waals surface area (Å²) in [5.74, 6) is -3.50. The summed E-state index contributed by atoms with van der Waals surface area (Å²) in [5, 5.41) is 17.5. The van der Waals surface area contributed by atoms with E-state index >= 15 is 0 Å². The molecule has 21 heavy (non-hydrogen) atoms. The molecule has 10 heteroatoms. The average Bonchev–Trinajstić information content (AvgIpc) is 2.35. The number of hydrogen-bond acceptors (Lipinski definition) is 5. The quantitative estimate of drug-likeness (QED) is 0.627. The van der Waals surface area contributed by atoms with Crippen LogP contribution in [0.3, 0.4) is 0 Å². The Hall–Kier alpha value is -1.68. The van der Waals surface area contributed by atoms with Gasteiger partial charge in [0.25, 0.3) is 0 Å². The molecular formula is C11H18N2O7S. The van der Waals surface area contributed by atoms with Crippen molar-refractivity contribution < 1.29 is 33.0 Å². The monoisotopic (exact) mass is 322 g/mol. The van der Waals surface area contributed by atoms with Crippen molar-refractivity contribution in [1.82, 2.24) is 9.21 Å². The number of carbonyl (C=O) groups is 3. The third-order valence-corrected chi connectivity index (χ3v) is 4.42. The SMILES string of the molecule is CS(=O)(=O)N1CCCCC1C(=O)N(CC(=O)O)CC(=O)O. The highest BCUT2D eigenvalue weighted by molar-refractivity contribution is 7.88. The van der Waals surface area contributed by atoms with E-state index in [9.17, 15) is 22.8 Å². The molecule has 1 amide bonds. The number of aliphatic carboxylic acids is 2. The van der Waals surface area contributed by atoms with Gasteiger partial charge in [-0.25, -0.2) is 8.42 Å². The maximum absolute atomic E-state index is 12.3. The van der Waals surface area contributed by atoms with Crippen LogP contribution in [0, 0.1) is 0 Å². The van der Waals surface area contributed by atoms with Crippen molar-refractivity contribution in [2.24, 2.45) is 0 Å². The predicted molar refractivity (Wildman–Crippen MR) is 71.0 cm³/mol. The van der Waals surface area contributed by atoms with E-state index in [0.717, 1.165) is 10.6 Å². The first-order valence-electron chi connectivity index (χ1n) is 6.32. The second-order valence-corrected chi connectivity index (χ2v) is 6.80. The van der Waals surface area contributed by atoms with Gasteiger partial charge in [0, 0.05) is 6.54 Å². The third kappa shape index (κ3) is 4.97. The third-order valence-electron chi connectivity index (χ3n) is 3.13. The second kappa shape index (κ2) is 6.85. The Morgan fingerprint density at radius 1 is 1.14 bits per heavy atom. The van der Waals surface area contributed by atoms with E-state index in [2.05, 4.69) is 0 Å².